The van der Waals surface area contributed by atoms with Crippen LogP contribution >= 0.6 is 0 Å². The Morgan fingerprint density at radius 1 is 1.24 bits per heavy atom. The number of hydrogen-bond acceptors (Lipinski definition) is 9. The van der Waals surface area contributed by atoms with Gasteiger partial charge in [-0.3, -0.25) is 0 Å². The second-order valence-electron chi connectivity index (χ2n) is 5.76. The van der Waals surface area contributed by atoms with E-state index in [1.807, 2.05) is 18.0 Å². The van der Waals surface area contributed by atoms with Gasteiger partial charge in [0.2, 0.25) is 11.9 Å². The van der Waals surface area contributed by atoms with Gasteiger partial charge >= 0.3 is 0 Å². The van der Waals surface area contributed by atoms with E-state index in [1.54, 1.807) is 19.5 Å². The molecule has 0 aromatic carbocycles. The summed E-state index contributed by atoms with van der Waals surface area (Å²) in [6.07, 6.45) is 3.35. The summed E-state index contributed by atoms with van der Waals surface area (Å²) in [6.45, 7) is 4.23. The highest BCUT2D eigenvalue weighted by atomic mass is 16.5. The van der Waals surface area contributed by atoms with Crippen LogP contribution in [0.4, 0.5) is 17.7 Å². The molecule has 2 aromatic rings. The maximum Gasteiger partial charge on any atom is 0.228 e. The number of nitrogens with zero attached hydrogens (tertiary/aromatic N) is 6. The molecule has 1 aliphatic rings. The van der Waals surface area contributed by atoms with E-state index in [2.05, 4.69) is 14.9 Å². The van der Waals surface area contributed by atoms with Crippen molar-refractivity contribution in [3.8, 4) is 11.3 Å². The number of hydrogen-bond donors (Lipinski definition) is 1. The smallest absolute Gasteiger partial charge is 0.228 e. The Bertz CT molecular complexity index is 689. The van der Waals surface area contributed by atoms with Crippen LogP contribution in [0.2, 0.25) is 0 Å². The van der Waals surface area contributed by atoms with Crippen molar-refractivity contribution in [3.05, 3.63) is 18.5 Å². The van der Waals surface area contributed by atoms with E-state index in [1.165, 1.54) is 0 Å². The third-order valence-electron chi connectivity index (χ3n) is 3.98. The molecule has 2 N–H and O–H groups in total. The summed E-state index contributed by atoms with van der Waals surface area (Å²) in [5.74, 6) is 1.74. The molecule has 3 rings (SSSR count). The van der Waals surface area contributed by atoms with Gasteiger partial charge in [-0.25, -0.2) is 15.0 Å². The average molecular weight is 345 g/mol. The number of nitrogens with two attached hydrogens (primary N) is 1. The van der Waals surface area contributed by atoms with Gasteiger partial charge in [0.15, 0.2) is 0 Å². The lowest BCUT2D eigenvalue weighted by Crippen LogP contribution is -2.37. The molecule has 1 saturated heterocycles. The Kier molecular flexibility index (Phi) is 5.56. The number of morpholine rings is 1. The molecule has 25 heavy (non-hydrogen) atoms. The fourth-order valence-corrected chi connectivity index (χ4v) is 2.48. The number of likely N-dealkylation sites (N-methyl/N-ethyl adjacent to an activating group) is 1. The summed E-state index contributed by atoms with van der Waals surface area (Å²) in [7, 11) is 3.66. The SMILES string of the molecule is COCCN(C)c1cc(-c2cnc(N)nc2)nc(N2CCOCC2)n1. The van der Waals surface area contributed by atoms with E-state index in [0.717, 1.165) is 36.7 Å². The monoisotopic (exact) mass is 345 g/mol. The van der Waals surface area contributed by atoms with Gasteiger partial charge in [-0.15, -0.1) is 0 Å². The quantitative estimate of drug-likeness (QED) is 0.798. The van der Waals surface area contributed by atoms with Crippen molar-refractivity contribution in [3.63, 3.8) is 0 Å². The minimum atomic E-state index is 0.239. The molecule has 0 unspecified atom stereocenters. The summed E-state index contributed by atoms with van der Waals surface area (Å²) in [4.78, 5) is 21.7. The van der Waals surface area contributed by atoms with E-state index in [0.29, 0.717) is 25.8 Å². The van der Waals surface area contributed by atoms with Crippen LogP contribution in [-0.4, -0.2) is 73.5 Å². The van der Waals surface area contributed by atoms with Gasteiger partial charge < -0.3 is 25.0 Å². The standard InChI is InChI=1S/C16H23N7O2/c1-22(3-6-24-2)14-9-13(12-10-18-15(17)19-11-12)20-16(21-14)23-4-7-25-8-5-23/h9-11H,3-8H2,1-2H3,(H2,17,18,19). The number of methoxy groups -OCH3 is 1. The first-order valence-corrected chi connectivity index (χ1v) is 8.17. The first-order valence-electron chi connectivity index (χ1n) is 8.17. The van der Waals surface area contributed by atoms with Crippen LogP contribution in [0.3, 0.4) is 0 Å². The van der Waals surface area contributed by atoms with Gasteiger partial charge in [-0.1, -0.05) is 0 Å². The Morgan fingerprint density at radius 3 is 2.64 bits per heavy atom. The van der Waals surface area contributed by atoms with Crippen molar-refractivity contribution in [1.82, 2.24) is 19.9 Å². The van der Waals surface area contributed by atoms with Gasteiger partial charge in [-0.2, -0.15) is 4.98 Å². The molecule has 9 nitrogen and oxygen atoms in total. The van der Waals surface area contributed by atoms with Crippen LogP contribution < -0.4 is 15.5 Å². The lowest BCUT2D eigenvalue weighted by molar-refractivity contribution is 0.122. The molecule has 1 aliphatic heterocycles. The van der Waals surface area contributed by atoms with Gasteiger partial charge in [-0.05, 0) is 0 Å². The number of anilines is 3. The molecule has 0 saturated carbocycles. The molecule has 9 heteroatoms. The van der Waals surface area contributed by atoms with Gasteiger partial charge in [0.1, 0.15) is 5.82 Å². The molecule has 0 atom stereocenters. The average Bonchev–Trinajstić information content (AvgIpc) is 2.67. The Morgan fingerprint density at radius 2 is 1.96 bits per heavy atom. The molecule has 2 aromatic heterocycles. The van der Waals surface area contributed by atoms with E-state index in [-0.39, 0.29) is 5.95 Å². The first kappa shape index (κ1) is 17.3. The number of rotatable bonds is 6. The largest absolute Gasteiger partial charge is 0.383 e. The molecule has 1 fully saturated rings. The molecule has 0 amide bonds. The van der Waals surface area contributed by atoms with Crippen LogP contribution in [0.1, 0.15) is 0 Å². The fourth-order valence-electron chi connectivity index (χ4n) is 2.48. The summed E-state index contributed by atoms with van der Waals surface area (Å²) in [6, 6.07) is 1.93. The van der Waals surface area contributed by atoms with Crippen LogP contribution in [-0.2, 0) is 9.47 Å². The minimum absolute atomic E-state index is 0.239. The predicted molar refractivity (Wildman–Crippen MR) is 95.6 cm³/mol. The van der Waals surface area contributed by atoms with E-state index in [4.69, 9.17) is 25.2 Å². The number of ether oxygens (including phenoxy) is 2. The second-order valence-corrected chi connectivity index (χ2v) is 5.76. The van der Waals surface area contributed by atoms with Gasteiger partial charge in [0.05, 0.1) is 25.5 Å². The van der Waals surface area contributed by atoms with Crippen LogP contribution in [0.15, 0.2) is 18.5 Å². The zero-order valence-electron chi connectivity index (χ0n) is 14.6. The van der Waals surface area contributed by atoms with E-state index in [9.17, 15) is 0 Å². The highest BCUT2D eigenvalue weighted by Crippen LogP contribution is 2.24. The highest BCUT2D eigenvalue weighted by molar-refractivity contribution is 5.64. The Labute approximate surface area is 146 Å². The number of nitrogen functional groups attached to an aromatic ring is 1. The van der Waals surface area contributed by atoms with Crippen molar-refractivity contribution in [2.45, 2.75) is 0 Å². The number of aromatic nitrogens is 4. The lowest BCUT2D eigenvalue weighted by atomic mass is 10.2. The third kappa shape index (κ3) is 4.31. The molecule has 3 heterocycles. The summed E-state index contributed by atoms with van der Waals surface area (Å²) in [5, 5.41) is 0. The summed E-state index contributed by atoms with van der Waals surface area (Å²) < 4.78 is 10.6. The maximum atomic E-state index is 5.59. The third-order valence-corrected chi connectivity index (χ3v) is 3.98. The topological polar surface area (TPSA) is 103 Å². The normalized spacial score (nSPS) is 14.6. The molecule has 0 radical (unpaired) electrons. The van der Waals surface area contributed by atoms with Crippen molar-refractivity contribution in [2.75, 3.05) is 69.1 Å². The Hall–Kier alpha value is -2.52. The van der Waals surface area contributed by atoms with Gasteiger partial charge in [0, 0.05) is 57.8 Å². The molecule has 0 bridgehead atoms. The zero-order valence-corrected chi connectivity index (χ0v) is 14.6. The van der Waals surface area contributed by atoms with Crippen molar-refractivity contribution >= 4 is 17.7 Å². The molecule has 134 valence electrons. The fraction of sp³-hybridized carbons (Fsp3) is 0.500. The van der Waals surface area contributed by atoms with E-state index >= 15 is 0 Å². The highest BCUT2D eigenvalue weighted by Gasteiger charge is 2.18. The molecular weight excluding hydrogens is 322 g/mol. The summed E-state index contributed by atoms with van der Waals surface area (Å²) in [5.41, 5.74) is 7.14. The maximum absolute atomic E-state index is 5.59. The minimum Gasteiger partial charge on any atom is -0.383 e. The van der Waals surface area contributed by atoms with Crippen molar-refractivity contribution in [1.29, 1.82) is 0 Å². The second kappa shape index (κ2) is 8.04. The predicted octanol–water partition coefficient (Wildman–Crippen LogP) is 0.435. The van der Waals surface area contributed by atoms with Crippen molar-refractivity contribution < 1.29 is 9.47 Å². The Balaban J connectivity index is 1.96. The van der Waals surface area contributed by atoms with Crippen LogP contribution in [0, 0.1) is 0 Å². The first-order chi connectivity index (χ1) is 12.2. The van der Waals surface area contributed by atoms with Crippen LogP contribution in [0.25, 0.3) is 11.3 Å². The zero-order chi connectivity index (χ0) is 17.6. The summed E-state index contributed by atoms with van der Waals surface area (Å²) >= 11 is 0. The molecule has 0 aliphatic carbocycles. The van der Waals surface area contributed by atoms with Gasteiger partial charge in [0.25, 0.3) is 0 Å². The van der Waals surface area contributed by atoms with E-state index < -0.39 is 0 Å². The molecular formula is C16H23N7O2. The van der Waals surface area contributed by atoms with Crippen molar-refractivity contribution in [2.24, 2.45) is 0 Å². The lowest BCUT2D eigenvalue weighted by Gasteiger charge is -2.28. The van der Waals surface area contributed by atoms with Crippen LogP contribution in [0.5, 0.6) is 0 Å². The molecule has 0 spiro atoms.